The summed E-state index contributed by atoms with van der Waals surface area (Å²) in [6, 6.07) is 5.20. The van der Waals surface area contributed by atoms with Crippen LogP contribution in [0.2, 0.25) is 0 Å². The molecule has 0 bridgehead atoms. The zero-order valence-corrected chi connectivity index (χ0v) is 8.13. The van der Waals surface area contributed by atoms with E-state index in [1.165, 1.54) is 0 Å². The van der Waals surface area contributed by atoms with Gasteiger partial charge in [0.25, 0.3) is 0 Å². The summed E-state index contributed by atoms with van der Waals surface area (Å²) in [7, 11) is 0. The lowest BCUT2D eigenvalue weighted by Gasteiger charge is -2.04. The zero-order chi connectivity index (χ0) is 10.3. The molecule has 2 aromatic rings. The number of benzene rings is 1. The third kappa shape index (κ3) is 1.18. The first-order valence-corrected chi connectivity index (χ1v) is 4.39. The van der Waals surface area contributed by atoms with Crippen LogP contribution in [0, 0.1) is 13.8 Å². The number of anilines is 1. The van der Waals surface area contributed by atoms with E-state index in [2.05, 4.69) is 0 Å². The fourth-order valence-corrected chi connectivity index (χ4v) is 1.51. The number of rotatable bonds is 0. The lowest BCUT2D eigenvalue weighted by molar-refractivity contribution is 0.484. The molecule has 2 rings (SSSR count). The highest BCUT2D eigenvalue weighted by Crippen LogP contribution is 2.20. The standard InChI is InChI=1S/C11H11NO2/c1-6-7(2)14-11(13)9-4-3-8(12)5-10(6)9/h3-5H,12H2,1-2H3. The summed E-state index contributed by atoms with van der Waals surface area (Å²) in [6.07, 6.45) is 0. The van der Waals surface area contributed by atoms with Gasteiger partial charge >= 0.3 is 5.63 Å². The average molecular weight is 189 g/mol. The number of fused-ring (bicyclic) bond motifs is 1. The van der Waals surface area contributed by atoms with E-state index in [4.69, 9.17) is 10.2 Å². The Morgan fingerprint density at radius 1 is 1.21 bits per heavy atom. The first kappa shape index (κ1) is 8.81. The van der Waals surface area contributed by atoms with Crippen molar-refractivity contribution < 1.29 is 4.42 Å². The van der Waals surface area contributed by atoms with Gasteiger partial charge in [-0.15, -0.1) is 0 Å². The van der Waals surface area contributed by atoms with Crippen LogP contribution < -0.4 is 11.4 Å². The van der Waals surface area contributed by atoms with Gasteiger partial charge in [-0.05, 0) is 43.0 Å². The molecule has 1 aromatic heterocycles. The van der Waals surface area contributed by atoms with Crippen LogP contribution in [0.25, 0.3) is 10.8 Å². The molecule has 0 fully saturated rings. The van der Waals surface area contributed by atoms with E-state index in [9.17, 15) is 4.79 Å². The first-order chi connectivity index (χ1) is 6.59. The van der Waals surface area contributed by atoms with Crippen molar-refractivity contribution in [2.45, 2.75) is 13.8 Å². The normalized spacial score (nSPS) is 10.7. The molecule has 2 N–H and O–H groups in total. The Kier molecular flexibility index (Phi) is 1.81. The van der Waals surface area contributed by atoms with Gasteiger partial charge in [0.05, 0.1) is 5.39 Å². The zero-order valence-electron chi connectivity index (χ0n) is 8.13. The van der Waals surface area contributed by atoms with Gasteiger partial charge in [0.2, 0.25) is 0 Å². The largest absolute Gasteiger partial charge is 0.427 e. The van der Waals surface area contributed by atoms with Crippen molar-refractivity contribution in [3.05, 3.63) is 39.9 Å². The molecule has 3 heteroatoms. The minimum Gasteiger partial charge on any atom is -0.427 e. The molecule has 0 aliphatic rings. The van der Waals surface area contributed by atoms with Gasteiger partial charge in [-0.3, -0.25) is 0 Å². The van der Waals surface area contributed by atoms with Crippen LogP contribution in [-0.2, 0) is 0 Å². The van der Waals surface area contributed by atoms with Gasteiger partial charge in [-0.25, -0.2) is 4.79 Å². The number of hydrogen-bond acceptors (Lipinski definition) is 3. The Morgan fingerprint density at radius 3 is 2.64 bits per heavy atom. The van der Waals surface area contributed by atoms with Gasteiger partial charge in [-0.1, -0.05) is 0 Å². The molecule has 0 unspecified atom stereocenters. The van der Waals surface area contributed by atoms with Gasteiger partial charge in [0.15, 0.2) is 0 Å². The maximum Gasteiger partial charge on any atom is 0.343 e. The van der Waals surface area contributed by atoms with E-state index in [1.807, 2.05) is 6.92 Å². The summed E-state index contributed by atoms with van der Waals surface area (Å²) in [5.74, 6) is 0.646. The molecule has 14 heavy (non-hydrogen) atoms. The Bertz CT molecular complexity index is 555. The summed E-state index contributed by atoms with van der Waals surface area (Å²) < 4.78 is 5.06. The van der Waals surface area contributed by atoms with Gasteiger partial charge in [0, 0.05) is 5.69 Å². The van der Waals surface area contributed by atoms with Crippen molar-refractivity contribution in [1.82, 2.24) is 0 Å². The smallest absolute Gasteiger partial charge is 0.343 e. The highest BCUT2D eigenvalue weighted by molar-refractivity contribution is 5.87. The van der Waals surface area contributed by atoms with E-state index in [-0.39, 0.29) is 5.63 Å². The number of aryl methyl sites for hydroxylation is 2. The minimum absolute atomic E-state index is 0.303. The molecule has 0 aliphatic heterocycles. The maximum absolute atomic E-state index is 11.5. The molecule has 0 aliphatic carbocycles. The van der Waals surface area contributed by atoms with Crippen LogP contribution in [0.15, 0.2) is 27.4 Å². The number of nitrogen functional groups attached to an aromatic ring is 1. The van der Waals surface area contributed by atoms with E-state index in [0.717, 1.165) is 10.9 Å². The van der Waals surface area contributed by atoms with Crippen LogP contribution in [0.4, 0.5) is 5.69 Å². The Hall–Kier alpha value is -1.77. The van der Waals surface area contributed by atoms with E-state index >= 15 is 0 Å². The molecule has 72 valence electrons. The highest BCUT2D eigenvalue weighted by atomic mass is 16.4. The SMILES string of the molecule is Cc1oc(=O)c2ccc(N)cc2c1C. The second-order valence-electron chi connectivity index (χ2n) is 3.38. The van der Waals surface area contributed by atoms with Crippen molar-refractivity contribution in [2.24, 2.45) is 0 Å². The molecule has 0 saturated heterocycles. The molecule has 1 heterocycles. The van der Waals surface area contributed by atoms with Gasteiger partial charge in [-0.2, -0.15) is 0 Å². The van der Waals surface area contributed by atoms with Gasteiger partial charge in [0.1, 0.15) is 5.76 Å². The topological polar surface area (TPSA) is 56.2 Å². The minimum atomic E-state index is -0.303. The Labute approximate surface area is 81.1 Å². The summed E-state index contributed by atoms with van der Waals surface area (Å²) in [6.45, 7) is 3.69. The van der Waals surface area contributed by atoms with Gasteiger partial charge < -0.3 is 10.2 Å². The Morgan fingerprint density at radius 2 is 1.93 bits per heavy atom. The summed E-state index contributed by atoms with van der Waals surface area (Å²) in [5.41, 5.74) is 6.98. The number of hydrogen-bond donors (Lipinski definition) is 1. The number of nitrogens with two attached hydrogens (primary N) is 1. The van der Waals surface area contributed by atoms with Crippen LogP contribution in [0.5, 0.6) is 0 Å². The lowest BCUT2D eigenvalue weighted by atomic mass is 10.1. The third-order valence-electron chi connectivity index (χ3n) is 2.44. The van der Waals surface area contributed by atoms with Crippen molar-refractivity contribution >= 4 is 16.5 Å². The van der Waals surface area contributed by atoms with Crippen LogP contribution in [-0.4, -0.2) is 0 Å². The van der Waals surface area contributed by atoms with Crippen molar-refractivity contribution in [2.75, 3.05) is 5.73 Å². The average Bonchev–Trinajstić information content (AvgIpc) is 2.14. The Balaban J connectivity index is 3.03. The molecule has 1 aromatic carbocycles. The lowest BCUT2D eigenvalue weighted by Crippen LogP contribution is -2.03. The van der Waals surface area contributed by atoms with Crippen molar-refractivity contribution in [3.8, 4) is 0 Å². The molecule has 0 atom stereocenters. The predicted octanol–water partition coefficient (Wildman–Crippen LogP) is 1.99. The van der Waals surface area contributed by atoms with Crippen LogP contribution in [0.3, 0.4) is 0 Å². The van der Waals surface area contributed by atoms with E-state index < -0.39 is 0 Å². The summed E-state index contributed by atoms with van der Waals surface area (Å²) >= 11 is 0. The molecule has 3 nitrogen and oxygen atoms in total. The maximum atomic E-state index is 11.5. The summed E-state index contributed by atoms with van der Waals surface area (Å²) in [4.78, 5) is 11.5. The summed E-state index contributed by atoms with van der Waals surface area (Å²) in [5, 5.41) is 1.46. The van der Waals surface area contributed by atoms with Crippen LogP contribution in [0.1, 0.15) is 11.3 Å². The highest BCUT2D eigenvalue weighted by Gasteiger charge is 2.06. The molecular weight excluding hydrogens is 178 g/mol. The second-order valence-corrected chi connectivity index (χ2v) is 3.38. The molecule has 0 radical (unpaired) electrons. The predicted molar refractivity (Wildman–Crippen MR) is 56.4 cm³/mol. The molecule has 0 amide bonds. The van der Waals surface area contributed by atoms with E-state index in [1.54, 1.807) is 25.1 Å². The van der Waals surface area contributed by atoms with Crippen LogP contribution >= 0.6 is 0 Å². The first-order valence-electron chi connectivity index (χ1n) is 4.39. The monoisotopic (exact) mass is 189 g/mol. The fourth-order valence-electron chi connectivity index (χ4n) is 1.51. The third-order valence-corrected chi connectivity index (χ3v) is 2.44. The quantitative estimate of drug-likeness (QED) is 0.645. The van der Waals surface area contributed by atoms with Crippen molar-refractivity contribution in [3.63, 3.8) is 0 Å². The second kappa shape index (κ2) is 2.87. The van der Waals surface area contributed by atoms with E-state index in [0.29, 0.717) is 16.8 Å². The molecular formula is C11H11NO2. The molecule has 0 spiro atoms. The van der Waals surface area contributed by atoms with Crippen molar-refractivity contribution in [1.29, 1.82) is 0 Å². The molecule has 0 saturated carbocycles. The fraction of sp³-hybridized carbons (Fsp3) is 0.182.